The topological polar surface area (TPSA) is 86.4 Å². The van der Waals surface area contributed by atoms with Gasteiger partial charge in [-0.1, -0.05) is 32.0 Å². The van der Waals surface area contributed by atoms with Gasteiger partial charge >= 0.3 is 0 Å². The molecule has 1 aromatic heterocycles. The van der Waals surface area contributed by atoms with Gasteiger partial charge in [0.1, 0.15) is 6.04 Å². The molecule has 7 heteroatoms. The van der Waals surface area contributed by atoms with E-state index in [9.17, 15) is 9.59 Å². The summed E-state index contributed by atoms with van der Waals surface area (Å²) in [5.41, 5.74) is 2.62. The van der Waals surface area contributed by atoms with E-state index in [1.165, 1.54) is 0 Å². The molecule has 3 N–H and O–H groups in total. The Balaban J connectivity index is 1.91. The average Bonchev–Trinajstić information content (AvgIpc) is 2.84. The SMILES string of the molecule is CCCN(CCC)CCC[C@H](NC(=O)c1ccc(CNCc2ccccn2)cc1)C(=O)NC(C)C. The lowest BCUT2D eigenvalue weighted by Gasteiger charge is -2.23. The zero-order valence-electron chi connectivity index (χ0n) is 21.8. The van der Waals surface area contributed by atoms with Gasteiger partial charge in [0.25, 0.3) is 5.91 Å². The van der Waals surface area contributed by atoms with Crippen molar-refractivity contribution in [1.29, 1.82) is 0 Å². The van der Waals surface area contributed by atoms with E-state index < -0.39 is 6.04 Å². The van der Waals surface area contributed by atoms with Gasteiger partial charge in [0.15, 0.2) is 0 Å². The molecule has 0 aliphatic carbocycles. The van der Waals surface area contributed by atoms with Gasteiger partial charge in [-0.05, 0) is 89.0 Å². The predicted octanol–water partition coefficient (Wildman–Crippen LogP) is 3.90. The fraction of sp³-hybridized carbons (Fsp3) is 0.536. The molecular formula is C28H43N5O2. The van der Waals surface area contributed by atoms with Gasteiger partial charge < -0.3 is 20.9 Å². The largest absolute Gasteiger partial charge is 0.352 e. The van der Waals surface area contributed by atoms with Crippen LogP contribution in [0, 0.1) is 0 Å². The number of pyridine rings is 1. The van der Waals surface area contributed by atoms with Crippen LogP contribution in [0.2, 0.25) is 0 Å². The molecule has 2 rings (SSSR count). The molecule has 0 saturated heterocycles. The highest BCUT2D eigenvalue weighted by atomic mass is 16.2. The van der Waals surface area contributed by atoms with Gasteiger partial charge in [-0.3, -0.25) is 14.6 Å². The van der Waals surface area contributed by atoms with E-state index in [0.29, 0.717) is 25.1 Å². The maximum Gasteiger partial charge on any atom is 0.251 e. The van der Waals surface area contributed by atoms with Gasteiger partial charge in [0.05, 0.1) is 5.69 Å². The maximum atomic E-state index is 12.9. The minimum atomic E-state index is -0.547. The number of carbonyl (C=O) groups excluding carboxylic acids is 2. The molecule has 2 amide bonds. The van der Waals surface area contributed by atoms with E-state index in [2.05, 4.69) is 39.7 Å². The second-order valence-corrected chi connectivity index (χ2v) is 9.29. The third-order valence-electron chi connectivity index (χ3n) is 5.68. The van der Waals surface area contributed by atoms with Crippen molar-refractivity contribution in [3.05, 3.63) is 65.5 Å². The minimum Gasteiger partial charge on any atom is -0.352 e. The van der Waals surface area contributed by atoms with Gasteiger partial charge in [0.2, 0.25) is 5.91 Å². The number of nitrogens with zero attached hydrogens (tertiary/aromatic N) is 2. The third kappa shape index (κ3) is 11.0. The molecule has 192 valence electrons. The lowest BCUT2D eigenvalue weighted by molar-refractivity contribution is -0.123. The van der Waals surface area contributed by atoms with Crippen molar-refractivity contribution in [2.75, 3.05) is 19.6 Å². The van der Waals surface area contributed by atoms with Crippen molar-refractivity contribution < 1.29 is 9.59 Å². The monoisotopic (exact) mass is 481 g/mol. The van der Waals surface area contributed by atoms with Crippen molar-refractivity contribution in [1.82, 2.24) is 25.8 Å². The molecule has 0 spiro atoms. The molecule has 1 aromatic carbocycles. The highest BCUT2D eigenvalue weighted by molar-refractivity contribution is 5.97. The standard InChI is InChI=1S/C28H43N5O2/c1-5-17-33(18-6-2)19-9-11-26(28(35)31-22(3)4)32-27(34)24-14-12-23(13-15-24)20-29-21-25-10-7-8-16-30-25/h7-8,10,12-16,22,26,29H,5-6,9,11,17-21H2,1-4H3,(H,31,35)(H,32,34)/t26-/m0/s1. The summed E-state index contributed by atoms with van der Waals surface area (Å²) in [6, 6.07) is 12.8. The lowest BCUT2D eigenvalue weighted by Crippen LogP contribution is -2.48. The Morgan fingerprint density at radius 2 is 1.63 bits per heavy atom. The average molecular weight is 482 g/mol. The smallest absolute Gasteiger partial charge is 0.251 e. The van der Waals surface area contributed by atoms with Crippen LogP contribution in [-0.2, 0) is 17.9 Å². The van der Waals surface area contributed by atoms with E-state index in [1.807, 2.05) is 56.3 Å². The van der Waals surface area contributed by atoms with Gasteiger partial charge in [-0.25, -0.2) is 0 Å². The summed E-state index contributed by atoms with van der Waals surface area (Å²) < 4.78 is 0. The molecule has 2 aromatic rings. The lowest BCUT2D eigenvalue weighted by atomic mass is 10.1. The highest BCUT2D eigenvalue weighted by Crippen LogP contribution is 2.08. The molecule has 0 saturated carbocycles. The van der Waals surface area contributed by atoms with Crippen LogP contribution in [0.4, 0.5) is 0 Å². The van der Waals surface area contributed by atoms with E-state index in [1.54, 1.807) is 6.20 Å². The maximum absolute atomic E-state index is 12.9. The normalized spacial score (nSPS) is 12.1. The number of amides is 2. The van der Waals surface area contributed by atoms with Crippen LogP contribution in [0.15, 0.2) is 48.7 Å². The van der Waals surface area contributed by atoms with Crippen molar-refractivity contribution in [3.8, 4) is 0 Å². The van der Waals surface area contributed by atoms with Gasteiger partial charge in [-0.15, -0.1) is 0 Å². The van der Waals surface area contributed by atoms with Crippen LogP contribution in [0.25, 0.3) is 0 Å². The Morgan fingerprint density at radius 3 is 2.23 bits per heavy atom. The zero-order chi connectivity index (χ0) is 25.5. The molecular weight excluding hydrogens is 438 g/mol. The molecule has 0 unspecified atom stereocenters. The molecule has 7 nitrogen and oxygen atoms in total. The molecule has 1 atom stereocenters. The van der Waals surface area contributed by atoms with E-state index in [-0.39, 0.29) is 17.9 Å². The summed E-state index contributed by atoms with van der Waals surface area (Å²) in [4.78, 5) is 32.5. The first-order valence-electron chi connectivity index (χ1n) is 13.0. The number of nitrogens with one attached hydrogen (secondary N) is 3. The van der Waals surface area contributed by atoms with Crippen LogP contribution in [0.3, 0.4) is 0 Å². The second kappa shape index (κ2) is 16.0. The summed E-state index contributed by atoms with van der Waals surface area (Å²) in [5.74, 6) is -0.345. The Hall–Kier alpha value is -2.77. The molecule has 0 radical (unpaired) electrons. The number of hydrogen-bond acceptors (Lipinski definition) is 5. The summed E-state index contributed by atoms with van der Waals surface area (Å²) >= 11 is 0. The Morgan fingerprint density at radius 1 is 0.914 bits per heavy atom. The van der Waals surface area contributed by atoms with Crippen LogP contribution in [-0.4, -0.2) is 53.4 Å². The van der Waals surface area contributed by atoms with Crippen LogP contribution < -0.4 is 16.0 Å². The number of carbonyl (C=O) groups is 2. The fourth-order valence-corrected chi connectivity index (χ4v) is 3.99. The van der Waals surface area contributed by atoms with Crippen molar-refractivity contribution in [2.24, 2.45) is 0 Å². The Kier molecular flexibility index (Phi) is 13.0. The molecule has 0 aliphatic heterocycles. The number of aromatic nitrogens is 1. The third-order valence-corrected chi connectivity index (χ3v) is 5.68. The molecule has 35 heavy (non-hydrogen) atoms. The van der Waals surface area contributed by atoms with E-state index in [0.717, 1.165) is 50.2 Å². The van der Waals surface area contributed by atoms with Crippen molar-refractivity contribution >= 4 is 11.8 Å². The van der Waals surface area contributed by atoms with Crippen molar-refractivity contribution in [3.63, 3.8) is 0 Å². The molecule has 0 aliphatic rings. The summed E-state index contributed by atoms with van der Waals surface area (Å²) in [7, 11) is 0. The van der Waals surface area contributed by atoms with Gasteiger partial charge in [-0.2, -0.15) is 0 Å². The van der Waals surface area contributed by atoms with Crippen LogP contribution in [0.1, 0.15) is 75.0 Å². The van der Waals surface area contributed by atoms with E-state index in [4.69, 9.17) is 0 Å². The first-order chi connectivity index (χ1) is 16.9. The Labute approximate surface area is 211 Å². The quantitative estimate of drug-likeness (QED) is 0.339. The summed E-state index contributed by atoms with van der Waals surface area (Å²) in [6.07, 6.45) is 5.48. The summed E-state index contributed by atoms with van der Waals surface area (Å²) in [6.45, 7) is 12.7. The van der Waals surface area contributed by atoms with Crippen LogP contribution >= 0.6 is 0 Å². The first-order valence-corrected chi connectivity index (χ1v) is 13.0. The number of hydrogen-bond donors (Lipinski definition) is 3. The molecule has 0 bridgehead atoms. The molecule has 1 heterocycles. The Bertz CT molecular complexity index is 865. The number of rotatable bonds is 16. The highest BCUT2D eigenvalue weighted by Gasteiger charge is 2.22. The van der Waals surface area contributed by atoms with Crippen molar-refractivity contribution in [2.45, 2.75) is 78.6 Å². The fourth-order valence-electron chi connectivity index (χ4n) is 3.99. The predicted molar refractivity (Wildman–Crippen MR) is 142 cm³/mol. The summed E-state index contributed by atoms with van der Waals surface area (Å²) in [5, 5.41) is 9.28. The zero-order valence-corrected chi connectivity index (χ0v) is 21.8. The van der Waals surface area contributed by atoms with Gasteiger partial charge in [0, 0.05) is 30.9 Å². The number of benzene rings is 1. The van der Waals surface area contributed by atoms with Crippen LogP contribution in [0.5, 0.6) is 0 Å². The first kappa shape index (κ1) is 28.5. The molecule has 0 fully saturated rings. The minimum absolute atomic E-state index is 0.0245. The second-order valence-electron chi connectivity index (χ2n) is 9.29. The van der Waals surface area contributed by atoms with E-state index >= 15 is 0 Å².